The van der Waals surface area contributed by atoms with Gasteiger partial charge in [-0.15, -0.1) is 0 Å². The van der Waals surface area contributed by atoms with Crippen LogP contribution in [-0.2, 0) is 6.54 Å². The molecule has 0 heterocycles. The molecule has 0 aliphatic heterocycles. The molecule has 1 saturated carbocycles. The predicted octanol–water partition coefficient (Wildman–Crippen LogP) is 2.75. The van der Waals surface area contributed by atoms with Gasteiger partial charge in [0.15, 0.2) is 0 Å². The van der Waals surface area contributed by atoms with E-state index in [-0.39, 0.29) is 6.03 Å². The molecule has 0 unspecified atom stereocenters. The van der Waals surface area contributed by atoms with Gasteiger partial charge in [0, 0.05) is 25.7 Å². The summed E-state index contributed by atoms with van der Waals surface area (Å²) in [5.74, 6) is 0. The monoisotopic (exact) mass is 289 g/mol. The van der Waals surface area contributed by atoms with Gasteiger partial charge in [-0.2, -0.15) is 0 Å². The SMILES string of the molecule is CN(CCNC(=O)NC1CCCCC1)Cc1ccccc1. The third-order valence-corrected chi connectivity index (χ3v) is 4.01. The van der Waals surface area contributed by atoms with Crippen molar-refractivity contribution in [2.45, 2.75) is 44.7 Å². The highest BCUT2D eigenvalue weighted by molar-refractivity contribution is 5.74. The van der Waals surface area contributed by atoms with E-state index in [2.05, 4.69) is 46.8 Å². The quantitative estimate of drug-likeness (QED) is 0.846. The normalized spacial score (nSPS) is 15.9. The van der Waals surface area contributed by atoms with E-state index in [1.807, 2.05) is 6.07 Å². The fourth-order valence-electron chi connectivity index (χ4n) is 2.82. The molecule has 4 nitrogen and oxygen atoms in total. The van der Waals surface area contributed by atoms with E-state index in [0.717, 1.165) is 25.9 Å². The van der Waals surface area contributed by atoms with E-state index in [4.69, 9.17) is 0 Å². The largest absolute Gasteiger partial charge is 0.337 e. The molecule has 2 amide bonds. The Hall–Kier alpha value is -1.55. The minimum atomic E-state index is -0.0185. The highest BCUT2D eigenvalue weighted by atomic mass is 16.2. The smallest absolute Gasteiger partial charge is 0.315 e. The molecule has 1 aromatic carbocycles. The van der Waals surface area contributed by atoms with Crippen LogP contribution < -0.4 is 10.6 Å². The van der Waals surface area contributed by atoms with Crippen LogP contribution >= 0.6 is 0 Å². The van der Waals surface area contributed by atoms with E-state index in [1.54, 1.807) is 0 Å². The van der Waals surface area contributed by atoms with Gasteiger partial charge < -0.3 is 15.5 Å². The second kappa shape index (κ2) is 8.67. The van der Waals surface area contributed by atoms with Crippen molar-refractivity contribution in [3.63, 3.8) is 0 Å². The first-order valence-corrected chi connectivity index (χ1v) is 8.01. The zero-order chi connectivity index (χ0) is 14.9. The van der Waals surface area contributed by atoms with Crippen LogP contribution in [0.2, 0.25) is 0 Å². The minimum Gasteiger partial charge on any atom is -0.337 e. The summed E-state index contributed by atoms with van der Waals surface area (Å²) < 4.78 is 0. The number of amides is 2. The molecule has 0 radical (unpaired) electrons. The first-order chi connectivity index (χ1) is 10.2. The van der Waals surface area contributed by atoms with Crippen LogP contribution in [-0.4, -0.2) is 37.1 Å². The predicted molar refractivity (Wildman–Crippen MR) is 86.2 cm³/mol. The number of nitrogens with zero attached hydrogens (tertiary/aromatic N) is 1. The van der Waals surface area contributed by atoms with Gasteiger partial charge in [-0.1, -0.05) is 49.6 Å². The molecule has 2 N–H and O–H groups in total. The Morgan fingerprint density at radius 2 is 1.90 bits per heavy atom. The molecule has 116 valence electrons. The number of likely N-dealkylation sites (N-methyl/N-ethyl adjacent to an activating group) is 1. The molecule has 0 spiro atoms. The third-order valence-electron chi connectivity index (χ3n) is 4.01. The summed E-state index contributed by atoms with van der Waals surface area (Å²) in [6, 6.07) is 10.7. The number of carbonyl (C=O) groups excluding carboxylic acids is 1. The number of carbonyl (C=O) groups is 1. The van der Waals surface area contributed by atoms with Crippen molar-refractivity contribution < 1.29 is 4.79 Å². The van der Waals surface area contributed by atoms with Crippen LogP contribution in [0.1, 0.15) is 37.7 Å². The molecule has 0 atom stereocenters. The number of hydrogen-bond acceptors (Lipinski definition) is 2. The molecule has 21 heavy (non-hydrogen) atoms. The molecule has 0 saturated heterocycles. The van der Waals surface area contributed by atoms with Crippen LogP contribution in [0.25, 0.3) is 0 Å². The van der Waals surface area contributed by atoms with Gasteiger partial charge in [0.2, 0.25) is 0 Å². The van der Waals surface area contributed by atoms with E-state index >= 15 is 0 Å². The van der Waals surface area contributed by atoms with Crippen LogP contribution in [0.4, 0.5) is 4.79 Å². The maximum atomic E-state index is 11.8. The molecule has 1 aliphatic rings. The zero-order valence-electron chi connectivity index (χ0n) is 13.0. The van der Waals surface area contributed by atoms with Crippen molar-refractivity contribution in [3.8, 4) is 0 Å². The van der Waals surface area contributed by atoms with E-state index < -0.39 is 0 Å². The Morgan fingerprint density at radius 3 is 2.62 bits per heavy atom. The summed E-state index contributed by atoms with van der Waals surface area (Å²) >= 11 is 0. The average molecular weight is 289 g/mol. The molecule has 1 fully saturated rings. The van der Waals surface area contributed by atoms with Crippen molar-refractivity contribution in [2.24, 2.45) is 0 Å². The Bertz CT molecular complexity index is 415. The van der Waals surface area contributed by atoms with E-state index in [1.165, 1.54) is 24.8 Å². The van der Waals surface area contributed by atoms with Crippen molar-refractivity contribution in [3.05, 3.63) is 35.9 Å². The van der Waals surface area contributed by atoms with Gasteiger partial charge in [-0.25, -0.2) is 4.79 Å². The fourth-order valence-corrected chi connectivity index (χ4v) is 2.82. The van der Waals surface area contributed by atoms with Crippen molar-refractivity contribution in [1.29, 1.82) is 0 Å². The summed E-state index contributed by atoms with van der Waals surface area (Å²) in [6.07, 6.45) is 6.04. The van der Waals surface area contributed by atoms with Crippen LogP contribution in [0, 0.1) is 0 Å². The summed E-state index contributed by atoms with van der Waals surface area (Å²) in [4.78, 5) is 14.0. The second-order valence-electron chi connectivity index (χ2n) is 5.96. The lowest BCUT2D eigenvalue weighted by Gasteiger charge is -2.23. The topological polar surface area (TPSA) is 44.4 Å². The maximum absolute atomic E-state index is 11.8. The number of rotatable bonds is 6. The minimum absolute atomic E-state index is 0.0185. The molecule has 2 rings (SSSR count). The van der Waals surface area contributed by atoms with Crippen LogP contribution in [0.3, 0.4) is 0 Å². The number of benzene rings is 1. The first-order valence-electron chi connectivity index (χ1n) is 8.01. The van der Waals surface area contributed by atoms with Gasteiger partial charge in [0.05, 0.1) is 0 Å². The highest BCUT2D eigenvalue weighted by Gasteiger charge is 2.15. The molecule has 4 heteroatoms. The molecule has 1 aromatic rings. The lowest BCUT2D eigenvalue weighted by atomic mass is 9.96. The van der Waals surface area contributed by atoms with E-state index in [9.17, 15) is 4.79 Å². The van der Waals surface area contributed by atoms with Gasteiger partial charge >= 0.3 is 6.03 Å². The standard InChI is InChI=1S/C17H27N3O/c1-20(14-15-8-4-2-5-9-15)13-12-18-17(21)19-16-10-6-3-7-11-16/h2,4-5,8-9,16H,3,6-7,10-14H2,1H3,(H2,18,19,21). The van der Waals surface area contributed by atoms with Gasteiger partial charge in [0.25, 0.3) is 0 Å². The average Bonchev–Trinajstić information content (AvgIpc) is 2.49. The van der Waals surface area contributed by atoms with Crippen LogP contribution in [0.5, 0.6) is 0 Å². The summed E-state index contributed by atoms with van der Waals surface area (Å²) in [6.45, 7) is 2.45. The summed E-state index contributed by atoms with van der Waals surface area (Å²) in [5, 5.41) is 6.03. The van der Waals surface area contributed by atoms with Crippen molar-refractivity contribution in [2.75, 3.05) is 20.1 Å². The van der Waals surface area contributed by atoms with Crippen molar-refractivity contribution >= 4 is 6.03 Å². The summed E-state index contributed by atoms with van der Waals surface area (Å²) in [5.41, 5.74) is 1.30. The van der Waals surface area contributed by atoms with Gasteiger partial charge in [0.1, 0.15) is 0 Å². The first kappa shape index (κ1) is 15.8. The zero-order valence-corrected chi connectivity index (χ0v) is 13.0. The van der Waals surface area contributed by atoms with Crippen LogP contribution in [0.15, 0.2) is 30.3 Å². The Kier molecular flexibility index (Phi) is 6.54. The van der Waals surface area contributed by atoms with Gasteiger partial charge in [-0.3, -0.25) is 0 Å². The number of nitrogens with one attached hydrogen (secondary N) is 2. The Balaban J connectivity index is 1.58. The fraction of sp³-hybridized carbons (Fsp3) is 0.588. The number of hydrogen-bond donors (Lipinski definition) is 2. The summed E-state index contributed by atoms with van der Waals surface area (Å²) in [7, 11) is 2.08. The molecular weight excluding hydrogens is 262 g/mol. The van der Waals surface area contributed by atoms with Gasteiger partial charge in [-0.05, 0) is 25.5 Å². The number of urea groups is 1. The highest BCUT2D eigenvalue weighted by Crippen LogP contribution is 2.17. The van der Waals surface area contributed by atoms with Crippen molar-refractivity contribution in [1.82, 2.24) is 15.5 Å². The maximum Gasteiger partial charge on any atom is 0.315 e. The second-order valence-corrected chi connectivity index (χ2v) is 5.96. The molecule has 0 bridgehead atoms. The Labute approximate surface area is 127 Å². The lowest BCUT2D eigenvalue weighted by Crippen LogP contribution is -2.44. The Morgan fingerprint density at radius 1 is 1.19 bits per heavy atom. The molecule has 1 aliphatic carbocycles. The third kappa shape index (κ3) is 6.17. The van der Waals surface area contributed by atoms with E-state index in [0.29, 0.717) is 12.6 Å². The lowest BCUT2D eigenvalue weighted by molar-refractivity contribution is 0.230. The molecule has 0 aromatic heterocycles. The molecular formula is C17H27N3O.